The van der Waals surface area contributed by atoms with Gasteiger partial charge in [-0.05, 0) is 63.5 Å². The van der Waals surface area contributed by atoms with E-state index in [1.807, 2.05) is 0 Å². The molecule has 2 saturated carbocycles. The summed E-state index contributed by atoms with van der Waals surface area (Å²) in [6.07, 6.45) is 2.24. The van der Waals surface area contributed by atoms with Crippen molar-refractivity contribution in [2.75, 3.05) is 10.6 Å². The summed E-state index contributed by atoms with van der Waals surface area (Å²) in [5.74, 6) is 0.0180. The number of anilines is 2. The van der Waals surface area contributed by atoms with Gasteiger partial charge in [0, 0.05) is 11.8 Å². The van der Waals surface area contributed by atoms with Crippen molar-refractivity contribution in [3.05, 3.63) is 18.2 Å². The molecule has 1 heterocycles. The fourth-order valence-electron chi connectivity index (χ4n) is 3.66. The number of rotatable bonds is 4. The number of hydrogen-bond acceptors (Lipinski definition) is 3. The molecule has 1 aromatic heterocycles. The second kappa shape index (κ2) is 8.56. The number of hydrogen-bond donors (Lipinski definition) is 2. The zero-order valence-corrected chi connectivity index (χ0v) is 14.7. The van der Waals surface area contributed by atoms with Crippen LogP contribution in [0.25, 0.3) is 0 Å². The molecule has 3 rings (SSSR count). The van der Waals surface area contributed by atoms with Crippen LogP contribution in [-0.2, 0) is 9.59 Å². The van der Waals surface area contributed by atoms with Crippen molar-refractivity contribution < 1.29 is 18.4 Å². The van der Waals surface area contributed by atoms with E-state index in [9.17, 15) is 18.4 Å². The van der Waals surface area contributed by atoms with E-state index in [1.165, 1.54) is 0 Å². The number of nitrogens with zero attached hydrogens (tertiary/aromatic N) is 1. The highest BCUT2D eigenvalue weighted by atomic mass is 19.1. The number of alkyl halides is 2. The Morgan fingerprint density at radius 2 is 1.15 bits per heavy atom. The predicted molar refractivity (Wildman–Crippen MR) is 95.2 cm³/mol. The van der Waals surface area contributed by atoms with E-state index < -0.39 is 12.3 Å². The van der Waals surface area contributed by atoms with Gasteiger partial charge in [0.25, 0.3) is 0 Å². The largest absolute Gasteiger partial charge is 0.310 e. The third kappa shape index (κ3) is 4.99. The Morgan fingerprint density at radius 1 is 0.769 bits per heavy atom. The standard InChI is InChI=1S/C19H25F2N3O2/c20-14-8-4-12(5-9-14)18(25)23-16-2-1-3-17(22-16)24-19(26)13-6-10-15(21)11-7-13/h1-3,12-15H,4-11H2,(H2,22,23,24,25,26). The van der Waals surface area contributed by atoms with Crippen LogP contribution in [0, 0.1) is 11.8 Å². The topological polar surface area (TPSA) is 71.1 Å². The van der Waals surface area contributed by atoms with E-state index in [4.69, 9.17) is 0 Å². The fraction of sp³-hybridized carbons (Fsp3) is 0.632. The van der Waals surface area contributed by atoms with E-state index in [1.54, 1.807) is 18.2 Å². The lowest BCUT2D eigenvalue weighted by Crippen LogP contribution is -2.29. The molecule has 142 valence electrons. The van der Waals surface area contributed by atoms with Gasteiger partial charge in [-0.3, -0.25) is 9.59 Å². The molecule has 0 radical (unpaired) electrons. The lowest BCUT2D eigenvalue weighted by atomic mass is 9.87. The summed E-state index contributed by atoms with van der Waals surface area (Å²) in [6.45, 7) is 0. The van der Waals surface area contributed by atoms with E-state index in [2.05, 4.69) is 15.6 Å². The molecule has 0 bridgehead atoms. The van der Waals surface area contributed by atoms with Crippen LogP contribution in [0.15, 0.2) is 18.2 Å². The molecule has 0 aromatic carbocycles. The van der Waals surface area contributed by atoms with Gasteiger partial charge in [0.15, 0.2) is 0 Å². The highest BCUT2D eigenvalue weighted by Crippen LogP contribution is 2.28. The summed E-state index contributed by atoms with van der Waals surface area (Å²) in [5.41, 5.74) is 0. The minimum atomic E-state index is -0.803. The normalized spacial score (nSPS) is 29.0. The van der Waals surface area contributed by atoms with Crippen LogP contribution in [0.4, 0.5) is 20.4 Å². The zero-order chi connectivity index (χ0) is 18.5. The van der Waals surface area contributed by atoms with E-state index in [0.717, 1.165) is 0 Å². The molecule has 2 aliphatic carbocycles. The smallest absolute Gasteiger partial charge is 0.228 e. The lowest BCUT2D eigenvalue weighted by molar-refractivity contribution is -0.121. The molecular weight excluding hydrogens is 340 g/mol. The highest BCUT2D eigenvalue weighted by molar-refractivity contribution is 5.93. The highest BCUT2D eigenvalue weighted by Gasteiger charge is 2.27. The van der Waals surface area contributed by atoms with Crippen molar-refractivity contribution in [2.24, 2.45) is 11.8 Å². The Bertz CT molecular complexity index is 588. The molecule has 1 aromatic rings. The van der Waals surface area contributed by atoms with Gasteiger partial charge in [0.2, 0.25) is 11.8 Å². The van der Waals surface area contributed by atoms with Crippen LogP contribution >= 0.6 is 0 Å². The molecule has 2 fully saturated rings. The molecule has 0 aliphatic heterocycles. The van der Waals surface area contributed by atoms with Crippen LogP contribution in [0.2, 0.25) is 0 Å². The van der Waals surface area contributed by atoms with Crippen molar-refractivity contribution in [3.63, 3.8) is 0 Å². The predicted octanol–water partition coefficient (Wildman–Crippen LogP) is 4.02. The number of aromatic nitrogens is 1. The third-order valence-electron chi connectivity index (χ3n) is 5.31. The quantitative estimate of drug-likeness (QED) is 0.847. The first-order valence-corrected chi connectivity index (χ1v) is 9.38. The summed E-state index contributed by atoms with van der Waals surface area (Å²) < 4.78 is 26.4. The molecule has 0 atom stereocenters. The Balaban J connectivity index is 1.54. The first kappa shape index (κ1) is 18.7. The first-order valence-electron chi connectivity index (χ1n) is 9.38. The number of nitrogens with one attached hydrogen (secondary N) is 2. The van der Waals surface area contributed by atoms with Crippen molar-refractivity contribution >= 4 is 23.5 Å². The van der Waals surface area contributed by atoms with Gasteiger partial charge in [-0.2, -0.15) is 0 Å². The van der Waals surface area contributed by atoms with Crippen LogP contribution in [0.3, 0.4) is 0 Å². The third-order valence-corrected chi connectivity index (χ3v) is 5.31. The van der Waals surface area contributed by atoms with Gasteiger partial charge in [-0.25, -0.2) is 13.8 Å². The van der Waals surface area contributed by atoms with Crippen LogP contribution in [-0.4, -0.2) is 29.1 Å². The van der Waals surface area contributed by atoms with Crippen molar-refractivity contribution in [1.82, 2.24) is 4.98 Å². The molecule has 7 heteroatoms. The summed E-state index contributed by atoms with van der Waals surface area (Å²) in [4.78, 5) is 28.8. The average molecular weight is 365 g/mol. The molecule has 0 unspecified atom stereocenters. The van der Waals surface area contributed by atoms with E-state index in [0.29, 0.717) is 63.0 Å². The van der Waals surface area contributed by atoms with Crippen LogP contribution in [0.1, 0.15) is 51.4 Å². The zero-order valence-electron chi connectivity index (χ0n) is 14.7. The van der Waals surface area contributed by atoms with E-state index in [-0.39, 0.29) is 23.7 Å². The number of amides is 2. The monoisotopic (exact) mass is 365 g/mol. The molecule has 5 nitrogen and oxygen atoms in total. The summed E-state index contributed by atoms with van der Waals surface area (Å²) in [6, 6.07) is 5.01. The van der Waals surface area contributed by atoms with Gasteiger partial charge < -0.3 is 10.6 Å². The summed E-state index contributed by atoms with van der Waals surface area (Å²) in [5, 5.41) is 5.50. The molecule has 0 saturated heterocycles. The van der Waals surface area contributed by atoms with Gasteiger partial charge in [0.1, 0.15) is 24.0 Å². The first-order chi connectivity index (χ1) is 12.5. The van der Waals surface area contributed by atoms with Gasteiger partial charge >= 0.3 is 0 Å². The molecular formula is C19H25F2N3O2. The number of carbonyl (C=O) groups excluding carboxylic acids is 2. The van der Waals surface area contributed by atoms with Crippen molar-refractivity contribution in [2.45, 2.75) is 63.7 Å². The Morgan fingerprint density at radius 3 is 1.54 bits per heavy atom. The van der Waals surface area contributed by atoms with E-state index >= 15 is 0 Å². The molecule has 26 heavy (non-hydrogen) atoms. The fourth-order valence-corrected chi connectivity index (χ4v) is 3.66. The molecule has 2 amide bonds. The maximum absolute atomic E-state index is 13.2. The van der Waals surface area contributed by atoms with Crippen LogP contribution < -0.4 is 10.6 Å². The van der Waals surface area contributed by atoms with Crippen molar-refractivity contribution in [3.8, 4) is 0 Å². The van der Waals surface area contributed by atoms with Gasteiger partial charge in [0.05, 0.1) is 0 Å². The second-order valence-electron chi connectivity index (χ2n) is 7.28. The van der Waals surface area contributed by atoms with Gasteiger partial charge in [-0.1, -0.05) is 6.07 Å². The molecule has 0 spiro atoms. The summed E-state index contributed by atoms with van der Waals surface area (Å²) in [7, 11) is 0. The second-order valence-corrected chi connectivity index (χ2v) is 7.28. The average Bonchev–Trinajstić information content (AvgIpc) is 2.63. The SMILES string of the molecule is O=C(Nc1cccc(NC(=O)C2CCC(F)CC2)n1)C1CCC(F)CC1. The maximum Gasteiger partial charge on any atom is 0.228 e. The lowest BCUT2D eigenvalue weighted by Gasteiger charge is -2.23. The Hall–Kier alpha value is -2.05. The minimum Gasteiger partial charge on any atom is -0.310 e. The molecule has 2 aliphatic rings. The summed E-state index contributed by atoms with van der Waals surface area (Å²) >= 11 is 0. The number of carbonyl (C=O) groups is 2. The van der Waals surface area contributed by atoms with Crippen molar-refractivity contribution in [1.29, 1.82) is 0 Å². The number of halogens is 2. The minimum absolute atomic E-state index is 0.158. The Kier molecular flexibility index (Phi) is 6.16. The Labute approximate surface area is 152 Å². The van der Waals surface area contributed by atoms with Crippen LogP contribution in [0.5, 0.6) is 0 Å². The molecule has 2 N–H and O–H groups in total. The maximum atomic E-state index is 13.2. The number of pyridine rings is 1. The van der Waals surface area contributed by atoms with Gasteiger partial charge in [-0.15, -0.1) is 0 Å².